The van der Waals surface area contributed by atoms with E-state index in [1.165, 1.54) is 5.52 Å². The van der Waals surface area contributed by atoms with Gasteiger partial charge in [-0.15, -0.1) is 0 Å². The van der Waals surface area contributed by atoms with Crippen molar-refractivity contribution in [2.45, 2.75) is 39.3 Å². The molecule has 0 spiro atoms. The quantitative estimate of drug-likeness (QED) is 0.795. The predicted molar refractivity (Wildman–Crippen MR) is 82.5 cm³/mol. The molecule has 0 aliphatic carbocycles. The lowest BCUT2D eigenvalue weighted by molar-refractivity contribution is 0.508. The topological polar surface area (TPSA) is 27.1 Å². The number of benzene rings is 1. The average molecular weight is 279 g/mol. The van der Waals surface area contributed by atoms with Crippen LogP contribution in [0.5, 0.6) is 6.01 Å². The van der Waals surface area contributed by atoms with E-state index in [9.17, 15) is 0 Å². The van der Waals surface area contributed by atoms with E-state index in [2.05, 4.69) is 66.7 Å². The van der Waals surface area contributed by atoms with Crippen LogP contribution in [0.4, 0.5) is 0 Å². The van der Waals surface area contributed by atoms with E-state index in [0.29, 0.717) is 0 Å². The second-order valence-electron chi connectivity index (χ2n) is 6.60. The molecule has 0 radical (unpaired) electrons. The monoisotopic (exact) mass is 278 g/mol. The minimum Gasteiger partial charge on any atom is -0.519 e. The van der Waals surface area contributed by atoms with E-state index < -0.39 is 16.6 Å². The molecule has 1 aromatic carbocycles. The van der Waals surface area contributed by atoms with Crippen LogP contribution in [-0.4, -0.2) is 25.8 Å². The molecule has 0 unspecified atom stereocenters. The van der Waals surface area contributed by atoms with Gasteiger partial charge in [-0.25, -0.2) is 0 Å². The third-order valence-electron chi connectivity index (χ3n) is 2.60. The number of hydrogen-bond donors (Lipinski definition) is 0. The Kier molecular flexibility index (Phi) is 3.15. The normalized spacial score (nSPS) is 13.0. The molecular weight excluding hydrogens is 256 g/mol. The molecule has 3 nitrogen and oxygen atoms in total. The number of imidazole rings is 1. The van der Waals surface area contributed by atoms with E-state index >= 15 is 0 Å². The Labute approximate surface area is 111 Å². The summed E-state index contributed by atoms with van der Waals surface area (Å²) in [4.78, 5) is 4.67. The van der Waals surface area contributed by atoms with Crippen LogP contribution in [0.25, 0.3) is 11.0 Å². The molecule has 1 aromatic heterocycles. The first-order chi connectivity index (χ1) is 8.18. The summed E-state index contributed by atoms with van der Waals surface area (Å²) in [5, 5.41) is 0. The summed E-state index contributed by atoms with van der Waals surface area (Å²) in [5.74, 6) is 0. The van der Waals surface area contributed by atoms with Crippen molar-refractivity contribution >= 4 is 27.6 Å². The average Bonchev–Trinajstić information content (AvgIpc) is 2.50. The van der Waals surface area contributed by atoms with Gasteiger partial charge in [-0.2, -0.15) is 4.98 Å². The summed E-state index contributed by atoms with van der Waals surface area (Å²) in [6, 6.07) is 9.11. The molecule has 0 saturated heterocycles. The summed E-state index contributed by atoms with van der Waals surface area (Å²) >= 11 is 0. The Morgan fingerprint density at radius 2 is 1.61 bits per heavy atom. The number of nitrogens with zero attached hydrogens (tertiary/aromatic N) is 2. The van der Waals surface area contributed by atoms with Crippen LogP contribution in [0, 0.1) is 0 Å². The Bertz CT molecular complexity index is 564. The predicted octanol–water partition coefficient (Wildman–Crippen LogP) is 3.93. The summed E-state index contributed by atoms with van der Waals surface area (Å²) in [5.41, 5.74) is 2.23. The second kappa shape index (κ2) is 4.24. The highest BCUT2D eigenvalue weighted by atomic mass is 28.4. The van der Waals surface area contributed by atoms with Gasteiger partial charge < -0.3 is 8.66 Å². The van der Waals surface area contributed by atoms with Crippen molar-refractivity contribution < 1.29 is 4.43 Å². The second-order valence-corrected chi connectivity index (χ2v) is 15.8. The third kappa shape index (κ3) is 2.67. The Morgan fingerprint density at radius 3 is 2.17 bits per heavy atom. The van der Waals surface area contributed by atoms with Crippen molar-refractivity contribution in [2.24, 2.45) is 0 Å². The van der Waals surface area contributed by atoms with Crippen LogP contribution in [0.1, 0.15) is 0 Å². The lowest BCUT2D eigenvalue weighted by atomic mass is 10.3. The number of hydrogen-bond acceptors (Lipinski definition) is 2. The Morgan fingerprint density at radius 1 is 1.00 bits per heavy atom. The molecule has 18 heavy (non-hydrogen) atoms. The Balaban J connectivity index is 2.65. The third-order valence-corrected chi connectivity index (χ3v) is 5.17. The van der Waals surface area contributed by atoms with Crippen molar-refractivity contribution in [2.75, 3.05) is 0 Å². The highest BCUT2D eigenvalue weighted by Gasteiger charge is 2.27. The lowest BCUT2D eigenvalue weighted by Gasteiger charge is -2.25. The zero-order chi connectivity index (χ0) is 13.6. The molecule has 0 aliphatic rings. The van der Waals surface area contributed by atoms with E-state index in [0.717, 1.165) is 11.5 Å². The fraction of sp³-hybridized carbons (Fsp3) is 0.462. The van der Waals surface area contributed by atoms with E-state index in [4.69, 9.17) is 4.43 Å². The van der Waals surface area contributed by atoms with Gasteiger partial charge in [0.25, 0.3) is 6.01 Å². The standard InChI is InChI=1S/C13H22N2OSi2/c1-17(2,3)15-12-10-8-7-9-11(12)14-13(15)16-18(4,5)6/h7-10H,1-6H3. The first-order valence-electron chi connectivity index (χ1n) is 6.35. The van der Waals surface area contributed by atoms with E-state index in [1.807, 2.05) is 6.07 Å². The summed E-state index contributed by atoms with van der Waals surface area (Å²) < 4.78 is 8.50. The van der Waals surface area contributed by atoms with Gasteiger partial charge in [0, 0.05) is 0 Å². The Hall–Kier alpha value is -1.08. The van der Waals surface area contributed by atoms with E-state index in [-0.39, 0.29) is 0 Å². The molecule has 0 atom stereocenters. The van der Waals surface area contributed by atoms with Crippen LogP contribution >= 0.6 is 0 Å². The van der Waals surface area contributed by atoms with Gasteiger partial charge in [-0.1, -0.05) is 31.8 Å². The first kappa shape index (κ1) is 13.4. The van der Waals surface area contributed by atoms with Crippen LogP contribution in [0.2, 0.25) is 39.3 Å². The SMILES string of the molecule is C[Si](C)(C)Oc1nc2ccccc2n1[Si](C)(C)C. The largest absolute Gasteiger partial charge is 0.519 e. The molecule has 0 aliphatic heterocycles. The van der Waals surface area contributed by atoms with Crippen molar-refractivity contribution in [1.82, 2.24) is 9.22 Å². The molecule has 5 heteroatoms. The maximum Gasteiger partial charge on any atom is 0.275 e. The van der Waals surface area contributed by atoms with Crippen molar-refractivity contribution in [3.63, 3.8) is 0 Å². The minimum atomic E-state index is -1.63. The molecule has 0 N–H and O–H groups in total. The molecule has 0 fully saturated rings. The van der Waals surface area contributed by atoms with Gasteiger partial charge >= 0.3 is 0 Å². The molecule has 2 rings (SSSR count). The van der Waals surface area contributed by atoms with Gasteiger partial charge in [0.15, 0.2) is 8.24 Å². The molecule has 98 valence electrons. The van der Waals surface area contributed by atoms with Crippen LogP contribution in [0.15, 0.2) is 24.3 Å². The maximum absolute atomic E-state index is 6.17. The van der Waals surface area contributed by atoms with Crippen LogP contribution < -0.4 is 4.43 Å². The van der Waals surface area contributed by atoms with Crippen molar-refractivity contribution in [3.8, 4) is 6.01 Å². The van der Waals surface area contributed by atoms with Crippen LogP contribution in [-0.2, 0) is 0 Å². The molecule has 0 bridgehead atoms. The molecule has 2 aromatic rings. The summed E-state index contributed by atoms with van der Waals surface area (Å²) in [7, 11) is -3.17. The maximum atomic E-state index is 6.17. The fourth-order valence-electron chi connectivity index (χ4n) is 1.99. The van der Waals surface area contributed by atoms with Gasteiger partial charge in [0.1, 0.15) is 0 Å². The fourth-order valence-corrected chi connectivity index (χ4v) is 4.35. The highest BCUT2D eigenvalue weighted by Crippen LogP contribution is 2.27. The molecular formula is C13H22N2OSi2. The smallest absolute Gasteiger partial charge is 0.275 e. The zero-order valence-electron chi connectivity index (χ0n) is 12.1. The zero-order valence-corrected chi connectivity index (χ0v) is 14.1. The van der Waals surface area contributed by atoms with Gasteiger partial charge in [-0.05, 0) is 31.8 Å². The van der Waals surface area contributed by atoms with Crippen molar-refractivity contribution in [3.05, 3.63) is 24.3 Å². The highest BCUT2D eigenvalue weighted by molar-refractivity contribution is 6.76. The first-order valence-corrected chi connectivity index (χ1v) is 13.2. The van der Waals surface area contributed by atoms with Gasteiger partial charge in [-0.3, -0.25) is 0 Å². The van der Waals surface area contributed by atoms with Crippen molar-refractivity contribution in [1.29, 1.82) is 0 Å². The van der Waals surface area contributed by atoms with Gasteiger partial charge in [0.2, 0.25) is 8.32 Å². The molecule has 0 saturated carbocycles. The molecule has 0 amide bonds. The number of aromatic nitrogens is 2. The minimum absolute atomic E-state index is 0.814. The van der Waals surface area contributed by atoms with Gasteiger partial charge in [0.05, 0.1) is 11.0 Å². The number of para-hydroxylation sites is 2. The molecule has 1 heterocycles. The van der Waals surface area contributed by atoms with E-state index in [1.54, 1.807) is 0 Å². The lowest BCUT2D eigenvalue weighted by Crippen LogP contribution is -2.37. The number of rotatable bonds is 3. The summed E-state index contributed by atoms with van der Waals surface area (Å²) in [6.07, 6.45) is 0. The van der Waals surface area contributed by atoms with Crippen LogP contribution in [0.3, 0.4) is 0 Å². The summed E-state index contributed by atoms with van der Waals surface area (Å²) in [6.45, 7) is 13.5. The number of fused-ring (bicyclic) bond motifs is 1.